The number of ether oxygens (including phenoxy) is 1. The molecule has 1 aliphatic heterocycles. The van der Waals surface area contributed by atoms with Crippen molar-refractivity contribution in [1.29, 1.82) is 0 Å². The van der Waals surface area contributed by atoms with Crippen LogP contribution in [-0.2, 0) is 14.3 Å². The Balaban J connectivity index is 1.53. The fraction of sp³-hybridized carbons (Fsp3) is 0.526. The molecule has 3 N–H and O–H groups in total. The molecule has 7 nitrogen and oxygen atoms in total. The van der Waals surface area contributed by atoms with Gasteiger partial charge in [0.25, 0.3) is 0 Å². The molecule has 26 heavy (non-hydrogen) atoms. The lowest BCUT2D eigenvalue weighted by atomic mass is 9.87. The first-order valence-corrected chi connectivity index (χ1v) is 9.20. The highest BCUT2D eigenvalue weighted by Crippen LogP contribution is 2.22. The molecular formula is C19H25N3O4. The second kappa shape index (κ2) is 8.31. The van der Waals surface area contributed by atoms with E-state index in [2.05, 4.69) is 16.0 Å². The Labute approximate surface area is 152 Å². The van der Waals surface area contributed by atoms with E-state index in [1.165, 1.54) is 0 Å². The number of piperazine rings is 1. The van der Waals surface area contributed by atoms with Crippen LogP contribution < -0.4 is 16.0 Å². The Morgan fingerprint density at radius 2 is 1.85 bits per heavy atom. The van der Waals surface area contributed by atoms with Gasteiger partial charge >= 0.3 is 5.97 Å². The van der Waals surface area contributed by atoms with Gasteiger partial charge in [-0.1, -0.05) is 12.8 Å². The second-order valence-corrected chi connectivity index (χ2v) is 6.78. The first kappa shape index (κ1) is 18.4. The molecule has 3 atom stereocenters. The third kappa shape index (κ3) is 4.40. The van der Waals surface area contributed by atoms with Crippen molar-refractivity contribution in [1.82, 2.24) is 10.6 Å². The molecule has 2 fully saturated rings. The summed E-state index contributed by atoms with van der Waals surface area (Å²) >= 11 is 0. The van der Waals surface area contributed by atoms with Gasteiger partial charge in [0, 0.05) is 17.8 Å². The highest BCUT2D eigenvalue weighted by molar-refractivity contribution is 5.96. The van der Waals surface area contributed by atoms with Crippen molar-refractivity contribution in [3.8, 4) is 0 Å². The van der Waals surface area contributed by atoms with Gasteiger partial charge in [0.15, 0.2) is 0 Å². The molecule has 7 heteroatoms. The largest absolute Gasteiger partial charge is 0.462 e. The summed E-state index contributed by atoms with van der Waals surface area (Å²) in [7, 11) is 0. The van der Waals surface area contributed by atoms with Crippen LogP contribution in [0.2, 0.25) is 0 Å². The number of esters is 1. The number of anilines is 1. The predicted octanol–water partition coefficient (Wildman–Crippen LogP) is 1.59. The number of benzene rings is 1. The minimum absolute atomic E-state index is 0.0781. The summed E-state index contributed by atoms with van der Waals surface area (Å²) in [5.74, 6) is -0.743. The van der Waals surface area contributed by atoms with Crippen LogP contribution in [0.3, 0.4) is 0 Å². The van der Waals surface area contributed by atoms with E-state index in [0.717, 1.165) is 25.7 Å². The van der Waals surface area contributed by atoms with Crippen molar-refractivity contribution in [3.63, 3.8) is 0 Å². The van der Waals surface area contributed by atoms with E-state index >= 15 is 0 Å². The third-order valence-corrected chi connectivity index (χ3v) is 4.89. The van der Waals surface area contributed by atoms with Crippen LogP contribution in [0.15, 0.2) is 24.3 Å². The number of amides is 2. The van der Waals surface area contributed by atoms with E-state index in [1.807, 2.05) is 0 Å². The van der Waals surface area contributed by atoms with Crippen molar-refractivity contribution in [2.24, 2.45) is 0 Å². The summed E-state index contributed by atoms with van der Waals surface area (Å²) in [4.78, 5) is 36.1. The van der Waals surface area contributed by atoms with Crippen LogP contribution >= 0.6 is 0 Å². The zero-order valence-corrected chi connectivity index (χ0v) is 14.9. The van der Waals surface area contributed by atoms with Gasteiger partial charge in [-0.25, -0.2) is 4.79 Å². The Kier molecular flexibility index (Phi) is 5.88. The van der Waals surface area contributed by atoms with Gasteiger partial charge in [-0.15, -0.1) is 0 Å². The van der Waals surface area contributed by atoms with Crippen LogP contribution in [-0.4, -0.2) is 42.5 Å². The maximum atomic E-state index is 12.3. The van der Waals surface area contributed by atoms with Gasteiger partial charge in [-0.2, -0.15) is 0 Å². The topological polar surface area (TPSA) is 96.5 Å². The maximum absolute atomic E-state index is 12.3. The number of rotatable bonds is 5. The molecule has 1 heterocycles. The van der Waals surface area contributed by atoms with Crippen LogP contribution in [0.1, 0.15) is 49.4 Å². The number of carbonyl (C=O) groups is 3. The number of carbonyl (C=O) groups excluding carboxylic acids is 3. The Morgan fingerprint density at radius 3 is 2.54 bits per heavy atom. The fourth-order valence-electron chi connectivity index (χ4n) is 3.57. The highest BCUT2D eigenvalue weighted by atomic mass is 16.5. The standard InChI is InChI=1S/C19H25N3O4/c1-2-26-19(25)12-7-9-13(10-8-12)20-17(23)11-16-18(24)22-15-6-4-3-5-14(15)21-16/h7-10,14-16,21H,2-6,11H2,1H3,(H,20,23)(H,22,24)/t14-,15+,16+/m1/s1. The maximum Gasteiger partial charge on any atom is 0.338 e. The second-order valence-electron chi connectivity index (χ2n) is 6.78. The number of hydrogen-bond acceptors (Lipinski definition) is 5. The number of hydrogen-bond donors (Lipinski definition) is 3. The fourth-order valence-corrected chi connectivity index (χ4v) is 3.57. The molecule has 0 unspecified atom stereocenters. The Bertz CT molecular complexity index is 674. The average Bonchev–Trinajstić information content (AvgIpc) is 2.63. The van der Waals surface area contributed by atoms with Crippen molar-refractivity contribution in [3.05, 3.63) is 29.8 Å². The molecule has 140 valence electrons. The summed E-state index contributed by atoms with van der Waals surface area (Å²) in [5, 5.41) is 9.13. The first-order chi connectivity index (χ1) is 12.6. The lowest BCUT2D eigenvalue weighted by molar-refractivity contribution is -0.129. The lowest BCUT2D eigenvalue weighted by Gasteiger charge is -2.40. The van der Waals surface area contributed by atoms with Gasteiger partial charge in [-0.3, -0.25) is 9.59 Å². The van der Waals surface area contributed by atoms with Gasteiger partial charge < -0.3 is 20.7 Å². The SMILES string of the molecule is CCOC(=O)c1ccc(NC(=O)C[C@@H]2N[C@@H]3CCCC[C@@H]3NC2=O)cc1. The zero-order valence-electron chi connectivity index (χ0n) is 14.9. The molecule has 3 rings (SSSR count). The van der Waals surface area contributed by atoms with Crippen molar-refractivity contribution in [2.45, 2.75) is 57.2 Å². The van der Waals surface area contributed by atoms with Crippen LogP contribution in [0.5, 0.6) is 0 Å². The van der Waals surface area contributed by atoms with Gasteiger partial charge in [0.05, 0.1) is 24.6 Å². The van der Waals surface area contributed by atoms with E-state index in [9.17, 15) is 14.4 Å². The first-order valence-electron chi connectivity index (χ1n) is 9.20. The Morgan fingerprint density at radius 1 is 1.15 bits per heavy atom. The molecule has 1 saturated carbocycles. The summed E-state index contributed by atoms with van der Waals surface area (Å²) in [6.07, 6.45) is 4.38. The minimum Gasteiger partial charge on any atom is -0.462 e. The molecule has 0 radical (unpaired) electrons. The normalized spacial score (nSPS) is 25.0. The van der Waals surface area contributed by atoms with E-state index in [0.29, 0.717) is 17.9 Å². The quantitative estimate of drug-likeness (QED) is 0.694. The van der Waals surface area contributed by atoms with Crippen molar-refractivity contribution in [2.75, 3.05) is 11.9 Å². The van der Waals surface area contributed by atoms with Gasteiger partial charge in [-0.05, 0) is 44.0 Å². The Hall–Kier alpha value is -2.41. The molecule has 1 aliphatic carbocycles. The molecule has 1 aromatic rings. The average molecular weight is 359 g/mol. The molecule has 1 saturated heterocycles. The van der Waals surface area contributed by atoms with Crippen LogP contribution in [0.4, 0.5) is 5.69 Å². The zero-order chi connectivity index (χ0) is 18.5. The highest BCUT2D eigenvalue weighted by Gasteiger charge is 2.36. The number of nitrogens with one attached hydrogen (secondary N) is 3. The monoisotopic (exact) mass is 359 g/mol. The summed E-state index contributed by atoms with van der Waals surface area (Å²) in [6, 6.07) is 6.44. The summed E-state index contributed by atoms with van der Waals surface area (Å²) < 4.78 is 4.93. The molecule has 0 spiro atoms. The summed E-state index contributed by atoms with van der Waals surface area (Å²) in [6.45, 7) is 2.06. The molecule has 0 aromatic heterocycles. The van der Waals surface area contributed by atoms with E-state index in [1.54, 1.807) is 31.2 Å². The molecular weight excluding hydrogens is 334 g/mol. The van der Waals surface area contributed by atoms with Crippen LogP contribution in [0.25, 0.3) is 0 Å². The summed E-state index contributed by atoms with van der Waals surface area (Å²) in [5.41, 5.74) is 1.01. The van der Waals surface area contributed by atoms with E-state index in [-0.39, 0.29) is 30.3 Å². The minimum atomic E-state index is -0.506. The lowest BCUT2D eigenvalue weighted by Crippen LogP contribution is -2.65. The van der Waals surface area contributed by atoms with Crippen LogP contribution in [0, 0.1) is 0 Å². The van der Waals surface area contributed by atoms with E-state index < -0.39 is 12.0 Å². The third-order valence-electron chi connectivity index (χ3n) is 4.89. The van der Waals surface area contributed by atoms with E-state index in [4.69, 9.17) is 4.74 Å². The molecule has 2 aliphatic rings. The molecule has 1 aromatic carbocycles. The molecule has 2 amide bonds. The van der Waals surface area contributed by atoms with Crippen molar-refractivity contribution < 1.29 is 19.1 Å². The molecule has 0 bridgehead atoms. The smallest absolute Gasteiger partial charge is 0.338 e. The van der Waals surface area contributed by atoms with Gasteiger partial charge in [0.2, 0.25) is 11.8 Å². The number of fused-ring (bicyclic) bond motifs is 1. The van der Waals surface area contributed by atoms with Gasteiger partial charge in [0.1, 0.15) is 0 Å². The van der Waals surface area contributed by atoms with Crippen molar-refractivity contribution >= 4 is 23.5 Å². The predicted molar refractivity (Wildman–Crippen MR) is 96.8 cm³/mol.